The van der Waals surface area contributed by atoms with E-state index in [9.17, 15) is 9.59 Å². The fourth-order valence-electron chi connectivity index (χ4n) is 3.70. The van der Waals surface area contributed by atoms with Gasteiger partial charge in [0.15, 0.2) is 0 Å². The van der Waals surface area contributed by atoms with E-state index in [0.717, 1.165) is 22.3 Å². The molecule has 3 rings (SSSR count). The molecule has 0 aliphatic carbocycles. The molecule has 0 atom stereocenters. The van der Waals surface area contributed by atoms with Gasteiger partial charge in [-0.3, -0.25) is 9.63 Å². The van der Waals surface area contributed by atoms with E-state index in [1.165, 1.54) is 7.11 Å². The number of aryl methyl sites for hydroxylation is 2. The number of hydrogen-bond acceptors (Lipinski definition) is 6. The van der Waals surface area contributed by atoms with Crippen molar-refractivity contribution < 1.29 is 23.9 Å². The zero-order chi connectivity index (χ0) is 21.6. The summed E-state index contributed by atoms with van der Waals surface area (Å²) in [5.74, 6) is -0.940. The molecule has 2 aromatic carbocycles. The molecule has 0 unspecified atom stereocenters. The molecule has 30 heavy (non-hydrogen) atoms. The lowest BCUT2D eigenvalue weighted by atomic mass is 9.91. The Morgan fingerprint density at radius 3 is 2.37 bits per heavy atom. The summed E-state index contributed by atoms with van der Waals surface area (Å²) in [6.07, 6.45) is 0.777. The third-order valence-corrected chi connectivity index (χ3v) is 5.49. The second kappa shape index (κ2) is 9.87. The van der Waals surface area contributed by atoms with E-state index < -0.39 is 17.5 Å². The highest BCUT2D eigenvalue weighted by atomic mass is 16.7. The predicted octanol–water partition coefficient (Wildman–Crippen LogP) is 3.53. The molecule has 0 radical (unpaired) electrons. The smallest absolute Gasteiger partial charge is 0.350 e. The van der Waals surface area contributed by atoms with Gasteiger partial charge in [-0.15, -0.1) is 0 Å². The molecule has 6 heteroatoms. The number of hydrogen-bond donors (Lipinski definition) is 0. The van der Waals surface area contributed by atoms with Gasteiger partial charge in [-0.2, -0.15) is 5.06 Å². The Kier molecular flexibility index (Phi) is 7.24. The van der Waals surface area contributed by atoms with Crippen LogP contribution in [-0.4, -0.2) is 42.8 Å². The van der Waals surface area contributed by atoms with Crippen LogP contribution >= 0.6 is 0 Å². The summed E-state index contributed by atoms with van der Waals surface area (Å²) >= 11 is 0. The highest BCUT2D eigenvalue weighted by molar-refractivity contribution is 5.84. The number of carbonyl (C=O) groups is 2. The van der Waals surface area contributed by atoms with E-state index in [1.54, 1.807) is 0 Å². The maximum absolute atomic E-state index is 12.7. The number of rotatable bonds is 7. The van der Waals surface area contributed by atoms with E-state index in [4.69, 9.17) is 14.3 Å². The fourth-order valence-corrected chi connectivity index (χ4v) is 3.70. The van der Waals surface area contributed by atoms with Crippen molar-refractivity contribution in [3.05, 3.63) is 70.8 Å². The van der Waals surface area contributed by atoms with Gasteiger partial charge in [0.25, 0.3) is 0 Å². The van der Waals surface area contributed by atoms with Crippen molar-refractivity contribution >= 4 is 11.9 Å². The summed E-state index contributed by atoms with van der Waals surface area (Å²) < 4.78 is 10.7. The average molecular weight is 411 g/mol. The number of hydroxylamine groups is 2. The highest BCUT2D eigenvalue weighted by Crippen LogP contribution is 2.29. The topological polar surface area (TPSA) is 65.1 Å². The van der Waals surface area contributed by atoms with Gasteiger partial charge in [-0.05, 0) is 30.5 Å². The minimum atomic E-state index is -1.27. The lowest BCUT2D eigenvalue weighted by Gasteiger charge is -2.38. The molecule has 0 amide bonds. The number of piperidine rings is 1. The first kappa shape index (κ1) is 22.0. The molecule has 1 heterocycles. The molecule has 1 aliphatic rings. The lowest BCUT2D eigenvalue weighted by Crippen LogP contribution is -2.52. The average Bonchev–Trinajstić information content (AvgIpc) is 2.75. The standard InChI is InChI=1S/C24H29NO5/c1-18-9-10-21(19(2)15-18)16-22(26)30-24(23(27)28-3)11-13-25(14-12-24)29-17-20-7-5-4-6-8-20/h4-10,15H,11-14,16-17H2,1-3H3. The highest BCUT2D eigenvalue weighted by Gasteiger charge is 2.46. The Morgan fingerprint density at radius 1 is 1.03 bits per heavy atom. The van der Waals surface area contributed by atoms with Gasteiger partial charge < -0.3 is 9.47 Å². The maximum atomic E-state index is 12.7. The van der Waals surface area contributed by atoms with Crippen LogP contribution in [0, 0.1) is 13.8 Å². The summed E-state index contributed by atoms with van der Waals surface area (Å²) in [5.41, 5.74) is 2.87. The quantitative estimate of drug-likeness (QED) is 0.650. The maximum Gasteiger partial charge on any atom is 0.350 e. The number of benzene rings is 2. The Bertz CT molecular complexity index is 872. The zero-order valence-corrected chi connectivity index (χ0v) is 17.8. The van der Waals surface area contributed by atoms with Crippen molar-refractivity contribution in [2.24, 2.45) is 0 Å². The minimum absolute atomic E-state index is 0.124. The summed E-state index contributed by atoms with van der Waals surface area (Å²) in [7, 11) is 1.32. The first-order valence-electron chi connectivity index (χ1n) is 10.2. The number of carbonyl (C=O) groups excluding carboxylic acids is 2. The molecule has 0 aromatic heterocycles. The molecule has 0 bridgehead atoms. The van der Waals surface area contributed by atoms with Crippen LogP contribution in [-0.2, 0) is 36.9 Å². The monoisotopic (exact) mass is 411 g/mol. The molecule has 0 spiro atoms. The van der Waals surface area contributed by atoms with Gasteiger partial charge in [0.2, 0.25) is 5.60 Å². The van der Waals surface area contributed by atoms with Crippen molar-refractivity contribution in [1.29, 1.82) is 0 Å². The molecule has 2 aromatic rings. The van der Waals surface area contributed by atoms with Crippen LogP contribution < -0.4 is 0 Å². The van der Waals surface area contributed by atoms with Crippen LogP contribution in [0.25, 0.3) is 0 Å². The Morgan fingerprint density at radius 2 is 1.73 bits per heavy atom. The van der Waals surface area contributed by atoms with E-state index in [1.807, 2.05) is 67.4 Å². The van der Waals surface area contributed by atoms with Crippen molar-refractivity contribution in [2.45, 2.75) is 45.3 Å². The summed E-state index contributed by atoms with van der Waals surface area (Å²) in [6.45, 7) is 5.37. The molecule has 0 saturated carbocycles. The van der Waals surface area contributed by atoms with Gasteiger partial charge in [0, 0.05) is 25.9 Å². The fraction of sp³-hybridized carbons (Fsp3) is 0.417. The largest absolute Gasteiger partial charge is 0.466 e. The third kappa shape index (κ3) is 5.46. The number of esters is 2. The van der Waals surface area contributed by atoms with Crippen LogP contribution in [0.2, 0.25) is 0 Å². The Balaban J connectivity index is 1.60. The molecular weight excluding hydrogens is 382 g/mol. The summed E-state index contributed by atoms with van der Waals surface area (Å²) in [5, 5.41) is 1.81. The number of ether oxygens (including phenoxy) is 2. The van der Waals surface area contributed by atoms with E-state index in [-0.39, 0.29) is 6.42 Å². The molecule has 1 aliphatic heterocycles. The summed E-state index contributed by atoms with van der Waals surface area (Å²) in [6, 6.07) is 15.8. The van der Waals surface area contributed by atoms with E-state index in [0.29, 0.717) is 32.5 Å². The second-order valence-electron chi connectivity index (χ2n) is 7.75. The summed E-state index contributed by atoms with van der Waals surface area (Å²) in [4.78, 5) is 31.0. The van der Waals surface area contributed by atoms with Crippen molar-refractivity contribution in [1.82, 2.24) is 5.06 Å². The van der Waals surface area contributed by atoms with Crippen LogP contribution in [0.1, 0.15) is 35.1 Å². The number of nitrogens with zero attached hydrogens (tertiary/aromatic N) is 1. The second-order valence-corrected chi connectivity index (χ2v) is 7.75. The lowest BCUT2D eigenvalue weighted by molar-refractivity contribution is -0.218. The molecule has 0 N–H and O–H groups in total. The van der Waals surface area contributed by atoms with E-state index >= 15 is 0 Å². The van der Waals surface area contributed by atoms with Gasteiger partial charge in [-0.25, -0.2) is 4.79 Å². The first-order valence-corrected chi connectivity index (χ1v) is 10.2. The Labute approximate surface area is 177 Å². The van der Waals surface area contributed by atoms with Gasteiger partial charge >= 0.3 is 11.9 Å². The predicted molar refractivity (Wildman–Crippen MR) is 112 cm³/mol. The van der Waals surface area contributed by atoms with Crippen molar-refractivity contribution in [2.75, 3.05) is 20.2 Å². The van der Waals surface area contributed by atoms with Crippen LogP contribution in [0.4, 0.5) is 0 Å². The van der Waals surface area contributed by atoms with Crippen molar-refractivity contribution in [3.8, 4) is 0 Å². The number of methoxy groups -OCH3 is 1. The van der Waals surface area contributed by atoms with Gasteiger partial charge in [-0.1, -0.05) is 54.1 Å². The zero-order valence-electron chi connectivity index (χ0n) is 17.8. The SMILES string of the molecule is COC(=O)C1(OC(=O)Cc2ccc(C)cc2C)CCN(OCc2ccccc2)CC1. The third-order valence-electron chi connectivity index (χ3n) is 5.49. The molecule has 1 fully saturated rings. The Hall–Kier alpha value is -2.70. The first-order chi connectivity index (χ1) is 14.4. The van der Waals surface area contributed by atoms with Crippen LogP contribution in [0.5, 0.6) is 0 Å². The van der Waals surface area contributed by atoms with Gasteiger partial charge in [0.1, 0.15) is 0 Å². The van der Waals surface area contributed by atoms with Gasteiger partial charge in [0.05, 0.1) is 20.1 Å². The molecule has 1 saturated heterocycles. The van der Waals surface area contributed by atoms with Crippen LogP contribution in [0.15, 0.2) is 48.5 Å². The van der Waals surface area contributed by atoms with Crippen LogP contribution in [0.3, 0.4) is 0 Å². The molecule has 160 valence electrons. The minimum Gasteiger partial charge on any atom is -0.466 e. The molecular formula is C24H29NO5. The molecule has 6 nitrogen and oxygen atoms in total. The van der Waals surface area contributed by atoms with E-state index in [2.05, 4.69) is 0 Å². The normalized spacial score (nSPS) is 16.1. The van der Waals surface area contributed by atoms with Crippen molar-refractivity contribution in [3.63, 3.8) is 0 Å².